The Morgan fingerprint density at radius 3 is 2.33 bits per heavy atom. The standard InChI is InChI=1S/C10H9N3O3S2/c1-10(8(17)12(14)9(18)11-10)6-2-4-7(5-3-6)13(15)16/h2-5,14H,1H3,(H,11,18). The molecule has 0 bridgehead atoms. The van der Waals surface area contributed by atoms with Gasteiger partial charge in [-0.2, -0.15) is 5.06 Å². The summed E-state index contributed by atoms with van der Waals surface area (Å²) in [5.74, 6) is 0. The predicted molar refractivity (Wildman–Crippen MR) is 72.4 cm³/mol. The molecule has 1 saturated heterocycles. The first-order chi connectivity index (χ1) is 8.36. The molecule has 1 heterocycles. The molecule has 6 nitrogen and oxygen atoms in total. The molecule has 1 aliphatic rings. The smallest absolute Gasteiger partial charge is 0.269 e. The van der Waals surface area contributed by atoms with Gasteiger partial charge in [-0.15, -0.1) is 0 Å². The van der Waals surface area contributed by atoms with Gasteiger partial charge in [-0.3, -0.25) is 15.3 Å². The molecule has 1 aromatic rings. The van der Waals surface area contributed by atoms with Crippen LogP contribution in [0.15, 0.2) is 24.3 Å². The molecule has 0 saturated carbocycles. The molecular formula is C10H9N3O3S2. The van der Waals surface area contributed by atoms with Crippen molar-refractivity contribution in [1.29, 1.82) is 0 Å². The van der Waals surface area contributed by atoms with E-state index in [9.17, 15) is 15.3 Å². The van der Waals surface area contributed by atoms with Crippen LogP contribution in [0.4, 0.5) is 5.69 Å². The van der Waals surface area contributed by atoms with E-state index >= 15 is 0 Å². The molecule has 1 aromatic carbocycles. The van der Waals surface area contributed by atoms with E-state index in [1.54, 1.807) is 19.1 Å². The molecule has 0 radical (unpaired) electrons. The summed E-state index contributed by atoms with van der Waals surface area (Å²) in [6, 6.07) is 5.93. The van der Waals surface area contributed by atoms with Crippen LogP contribution in [-0.4, -0.2) is 25.3 Å². The third kappa shape index (κ3) is 1.84. The topological polar surface area (TPSA) is 78.6 Å². The monoisotopic (exact) mass is 283 g/mol. The number of benzene rings is 1. The molecule has 18 heavy (non-hydrogen) atoms. The Labute approximate surface area is 113 Å². The van der Waals surface area contributed by atoms with E-state index in [2.05, 4.69) is 5.32 Å². The maximum Gasteiger partial charge on any atom is 0.269 e. The van der Waals surface area contributed by atoms with E-state index in [-0.39, 0.29) is 15.8 Å². The van der Waals surface area contributed by atoms with Gasteiger partial charge in [0.15, 0.2) is 5.11 Å². The predicted octanol–water partition coefficient (Wildman–Crippen LogP) is 1.72. The van der Waals surface area contributed by atoms with E-state index in [0.717, 1.165) is 5.06 Å². The minimum absolute atomic E-state index is 0.00491. The molecule has 0 aliphatic carbocycles. The first kappa shape index (κ1) is 12.8. The van der Waals surface area contributed by atoms with Crippen LogP contribution < -0.4 is 5.32 Å². The highest BCUT2D eigenvalue weighted by molar-refractivity contribution is 7.82. The SMILES string of the molecule is CC1(c2ccc([N+](=O)[O-])cc2)NC(=S)N(O)C1=S. The van der Waals surface area contributed by atoms with E-state index < -0.39 is 10.5 Å². The molecule has 0 spiro atoms. The normalized spacial score (nSPS) is 23.1. The lowest BCUT2D eigenvalue weighted by Crippen LogP contribution is -2.39. The van der Waals surface area contributed by atoms with Crippen molar-refractivity contribution in [2.75, 3.05) is 0 Å². The molecule has 2 N–H and O–H groups in total. The molecule has 2 rings (SSSR count). The van der Waals surface area contributed by atoms with E-state index in [1.807, 2.05) is 0 Å². The van der Waals surface area contributed by atoms with Gasteiger partial charge in [0.1, 0.15) is 10.5 Å². The minimum atomic E-state index is -0.837. The minimum Gasteiger partial charge on any atom is -0.345 e. The van der Waals surface area contributed by atoms with Crippen LogP contribution in [0.2, 0.25) is 0 Å². The zero-order valence-electron chi connectivity index (χ0n) is 9.28. The Balaban J connectivity index is 2.40. The molecular weight excluding hydrogens is 274 g/mol. The highest BCUT2D eigenvalue weighted by atomic mass is 32.1. The molecule has 1 atom stereocenters. The Morgan fingerprint density at radius 1 is 1.39 bits per heavy atom. The lowest BCUT2D eigenvalue weighted by atomic mass is 9.93. The fourth-order valence-electron chi connectivity index (χ4n) is 1.74. The van der Waals surface area contributed by atoms with Crippen molar-refractivity contribution in [1.82, 2.24) is 10.4 Å². The van der Waals surface area contributed by atoms with Gasteiger partial charge in [0.05, 0.1) is 4.92 Å². The maximum atomic E-state index is 10.6. The number of hydrogen-bond acceptors (Lipinski definition) is 5. The third-order valence-electron chi connectivity index (χ3n) is 2.82. The molecule has 0 amide bonds. The summed E-state index contributed by atoms with van der Waals surface area (Å²) in [6.45, 7) is 1.75. The Morgan fingerprint density at radius 2 is 1.94 bits per heavy atom. The summed E-state index contributed by atoms with van der Waals surface area (Å²) in [5, 5.41) is 23.9. The van der Waals surface area contributed by atoms with E-state index in [0.29, 0.717) is 5.56 Å². The zero-order valence-corrected chi connectivity index (χ0v) is 10.9. The summed E-state index contributed by atoms with van der Waals surface area (Å²) in [6.07, 6.45) is 0. The largest absolute Gasteiger partial charge is 0.345 e. The van der Waals surface area contributed by atoms with Crippen LogP contribution in [0, 0.1) is 10.1 Å². The first-order valence-corrected chi connectivity index (χ1v) is 5.78. The van der Waals surface area contributed by atoms with Crippen LogP contribution in [0.1, 0.15) is 12.5 Å². The Bertz CT molecular complexity index is 546. The van der Waals surface area contributed by atoms with Crippen molar-refractivity contribution in [3.05, 3.63) is 39.9 Å². The highest BCUT2D eigenvalue weighted by Crippen LogP contribution is 2.30. The van der Waals surface area contributed by atoms with Gasteiger partial charge >= 0.3 is 0 Å². The summed E-state index contributed by atoms with van der Waals surface area (Å²) in [5.41, 5.74) is -0.150. The van der Waals surface area contributed by atoms with Crippen molar-refractivity contribution in [3.63, 3.8) is 0 Å². The van der Waals surface area contributed by atoms with Gasteiger partial charge in [0, 0.05) is 12.1 Å². The van der Waals surface area contributed by atoms with Crippen molar-refractivity contribution >= 4 is 40.2 Å². The quantitative estimate of drug-likeness (QED) is 0.486. The second kappa shape index (κ2) is 4.23. The van der Waals surface area contributed by atoms with Gasteiger partial charge in [0.2, 0.25) is 0 Å². The second-order valence-electron chi connectivity index (χ2n) is 3.98. The number of thiocarbonyl (C=S) groups is 2. The van der Waals surface area contributed by atoms with Crippen molar-refractivity contribution in [3.8, 4) is 0 Å². The van der Waals surface area contributed by atoms with Crippen molar-refractivity contribution in [2.45, 2.75) is 12.5 Å². The van der Waals surface area contributed by atoms with Crippen LogP contribution in [0.5, 0.6) is 0 Å². The third-order valence-corrected chi connectivity index (χ3v) is 3.68. The van der Waals surface area contributed by atoms with E-state index in [4.69, 9.17) is 24.4 Å². The van der Waals surface area contributed by atoms with Crippen molar-refractivity contribution < 1.29 is 10.1 Å². The molecule has 8 heteroatoms. The van der Waals surface area contributed by atoms with Crippen LogP contribution in [0.3, 0.4) is 0 Å². The number of hydrogen-bond donors (Lipinski definition) is 2. The lowest BCUT2D eigenvalue weighted by molar-refractivity contribution is -0.384. The van der Waals surface area contributed by atoms with E-state index in [1.165, 1.54) is 12.1 Å². The number of nitrogens with one attached hydrogen (secondary N) is 1. The lowest BCUT2D eigenvalue weighted by Gasteiger charge is -2.23. The average molecular weight is 283 g/mol. The fourth-order valence-corrected chi connectivity index (χ4v) is 2.35. The molecule has 94 valence electrons. The van der Waals surface area contributed by atoms with Crippen LogP contribution in [-0.2, 0) is 5.54 Å². The zero-order chi connectivity index (χ0) is 13.5. The average Bonchev–Trinajstić information content (AvgIpc) is 2.54. The summed E-state index contributed by atoms with van der Waals surface area (Å²) in [4.78, 5) is 10.3. The summed E-state index contributed by atoms with van der Waals surface area (Å²) >= 11 is 10.0. The van der Waals surface area contributed by atoms with Gasteiger partial charge < -0.3 is 5.32 Å². The number of nitro benzene ring substituents is 1. The molecule has 1 unspecified atom stereocenters. The summed E-state index contributed by atoms with van der Waals surface area (Å²) < 4.78 is 0. The van der Waals surface area contributed by atoms with Gasteiger partial charge in [-0.05, 0) is 36.8 Å². The van der Waals surface area contributed by atoms with Crippen molar-refractivity contribution in [2.24, 2.45) is 0 Å². The van der Waals surface area contributed by atoms with Gasteiger partial charge in [-0.25, -0.2) is 0 Å². The summed E-state index contributed by atoms with van der Waals surface area (Å²) in [7, 11) is 0. The highest BCUT2D eigenvalue weighted by Gasteiger charge is 2.43. The van der Waals surface area contributed by atoms with Crippen LogP contribution >= 0.6 is 24.4 Å². The second-order valence-corrected chi connectivity index (χ2v) is 4.75. The van der Waals surface area contributed by atoms with Gasteiger partial charge in [-0.1, -0.05) is 12.2 Å². The molecule has 1 aliphatic heterocycles. The number of hydroxylamine groups is 2. The number of nitro groups is 1. The Kier molecular flexibility index (Phi) is 3.01. The maximum absolute atomic E-state index is 10.6. The fraction of sp³-hybridized carbons (Fsp3) is 0.200. The number of rotatable bonds is 2. The first-order valence-electron chi connectivity index (χ1n) is 4.97. The molecule has 1 fully saturated rings. The number of non-ortho nitro benzene ring substituents is 1. The Hall–Kier alpha value is -1.64. The van der Waals surface area contributed by atoms with Gasteiger partial charge in [0.25, 0.3) is 5.69 Å². The number of nitrogens with zero attached hydrogens (tertiary/aromatic N) is 2. The molecule has 0 aromatic heterocycles. The van der Waals surface area contributed by atoms with Crippen LogP contribution in [0.25, 0.3) is 0 Å².